The Morgan fingerprint density at radius 1 is 1.21 bits per heavy atom. The monoisotopic (exact) mass is 257 g/mol. The second-order valence-corrected chi connectivity index (χ2v) is 5.17. The first-order valence-electron chi connectivity index (χ1n) is 6.73. The molecular formula is C16H19NO2. The van der Waals surface area contributed by atoms with Gasteiger partial charge < -0.3 is 14.9 Å². The maximum Gasteiger partial charge on any atom is 0.122 e. The van der Waals surface area contributed by atoms with Gasteiger partial charge in [0.05, 0.1) is 12.6 Å². The Hall–Kier alpha value is -1.74. The van der Waals surface area contributed by atoms with Crippen molar-refractivity contribution in [3.05, 3.63) is 52.5 Å². The summed E-state index contributed by atoms with van der Waals surface area (Å²) in [5, 5.41) is 0. The second kappa shape index (κ2) is 4.74. The second-order valence-electron chi connectivity index (χ2n) is 5.17. The molecule has 3 heteroatoms. The van der Waals surface area contributed by atoms with Crippen molar-refractivity contribution in [3.63, 3.8) is 0 Å². The summed E-state index contributed by atoms with van der Waals surface area (Å²) in [7, 11) is 0. The number of ether oxygens (including phenoxy) is 1. The molecule has 0 aliphatic carbocycles. The van der Waals surface area contributed by atoms with Gasteiger partial charge in [-0.25, -0.2) is 0 Å². The van der Waals surface area contributed by atoms with Gasteiger partial charge in [-0.15, -0.1) is 0 Å². The third-order valence-electron chi connectivity index (χ3n) is 3.71. The molecule has 1 atom stereocenters. The highest BCUT2D eigenvalue weighted by Crippen LogP contribution is 2.31. The Morgan fingerprint density at radius 3 is 2.79 bits per heavy atom. The fourth-order valence-electron chi connectivity index (χ4n) is 2.71. The smallest absolute Gasteiger partial charge is 0.122 e. The number of benzene rings is 1. The van der Waals surface area contributed by atoms with E-state index in [0.717, 1.165) is 47.8 Å². The molecule has 2 heterocycles. The topological polar surface area (TPSA) is 48.4 Å². The molecule has 0 radical (unpaired) electrons. The van der Waals surface area contributed by atoms with Gasteiger partial charge in [-0.2, -0.15) is 0 Å². The van der Waals surface area contributed by atoms with Crippen LogP contribution < -0.4 is 10.5 Å². The van der Waals surface area contributed by atoms with E-state index in [1.807, 2.05) is 26.0 Å². The van der Waals surface area contributed by atoms with Gasteiger partial charge in [-0.1, -0.05) is 12.1 Å². The number of furan rings is 1. The molecular weight excluding hydrogens is 238 g/mol. The number of nitrogens with two attached hydrogens (primary N) is 1. The van der Waals surface area contributed by atoms with Gasteiger partial charge in [0.25, 0.3) is 0 Å². The van der Waals surface area contributed by atoms with Gasteiger partial charge in [0, 0.05) is 5.56 Å². The van der Waals surface area contributed by atoms with E-state index >= 15 is 0 Å². The first-order valence-corrected chi connectivity index (χ1v) is 6.73. The first-order chi connectivity index (χ1) is 9.15. The molecule has 0 bridgehead atoms. The fourth-order valence-corrected chi connectivity index (χ4v) is 2.71. The standard InChI is InChI=1S/C16H19NO2/c1-10-8-14(11(2)19-10)16(17)13-5-6-15-12(9-13)4-3-7-18-15/h5-6,8-9,16H,3-4,7,17H2,1-2H3. The molecule has 3 nitrogen and oxygen atoms in total. The zero-order valence-electron chi connectivity index (χ0n) is 11.4. The largest absolute Gasteiger partial charge is 0.493 e. The Labute approximate surface area is 113 Å². The molecule has 100 valence electrons. The van der Waals surface area contributed by atoms with Crippen molar-refractivity contribution < 1.29 is 9.15 Å². The van der Waals surface area contributed by atoms with Crippen LogP contribution >= 0.6 is 0 Å². The van der Waals surface area contributed by atoms with Crippen LogP contribution in [-0.4, -0.2) is 6.61 Å². The minimum absolute atomic E-state index is 0.135. The molecule has 0 fully saturated rings. The first kappa shape index (κ1) is 12.3. The van der Waals surface area contributed by atoms with E-state index in [1.54, 1.807) is 0 Å². The zero-order valence-corrected chi connectivity index (χ0v) is 11.4. The number of hydrogen-bond acceptors (Lipinski definition) is 3. The lowest BCUT2D eigenvalue weighted by Gasteiger charge is -2.19. The third-order valence-corrected chi connectivity index (χ3v) is 3.71. The van der Waals surface area contributed by atoms with Crippen LogP contribution in [0.5, 0.6) is 5.75 Å². The van der Waals surface area contributed by atoms with Gasteiger partial charge in [0.15, 0.2) is 0 Å². The minimum Gasteiger partial charge on any atom is -0.493 e. The molecule has 0 spiro atoms. The highest BCUT2D eigenvalue weighted by molar-refractivity contribution is 5.42. The van der Waals surface area contributed by atoms with Crippen molar-refractivity contribution >= 4 is 0 Å². The van der Waals surface area contributed by atoms with Gasteiger partial charge in [-0.3, -0.25) is 0 Å². The van der Waals surface area contributed by atoms with Crippen LogP contribution in [0.15, 0.2) is 28.7 Å². The maximum atomic E-state index is 6.36. The fraction of sp³-hybridized carbons (Fsp3) is 0.375. The summed E-state index contributed by atoms with van der Waals surface area (Å²) in [6, 6.07) is 8.14. The summed E-state index contributed by atoms with van der Waals surface area (Å²) in [6.45, 7) is 4.73. The van der Waals surface area contributed by atoms with E-state index in [4.69, 9.17) is 14.9 Å². The van der Waals surface area contributed by atoms with Crippen molar-refractivity contribution in [2.75, 3.05) is 6.61 Å². The molecule has 3 rings (SSSR count). The lowest BCUT2D eigenvalue weighted by atomic mass is 9.95. The molecule has 0 saturated heterocycles. The summed E-state index contributed by atoms with van der Waals surface area (Å²) >= 11 is 0. The molecule has 2 N–H and O–H groups in total. The van der Waals surface area contributed by atoms with E-state index < -0.39 is 0 Å². The zero-order chi connectivity index (χ0) is 13.4. The average molecular weight is 257 g/mol. The highest BCUT2D eigenvalue weighted by atomic mass is 16.5. The third kappa shape index (κ3) is 2.26. The Morgan fingerprint density at radius 2 is 2.05 bits per heavy atom. The lowest BCUT2D eigenvalue weighted by molar-refractivity contribution is 0.288. The molecule has 1 aliphatic heterocycles. The van der Waals surface area contributed by atoms with Crippen LogP contribution in [0, 0.1) is 13.8 Å². The molecule has 19 heavy (non-hydrogen) atoms. The van der Waals surface area contributed by atoms with E-state index in [0.29, 0.717) is 0 Å². The molecule has 2 aromatic rings. The van der Waals surface area contributed by atoms with Crippen LogP contribution in [0.2, 0.25) is 0 Å². The highest BCUT2D eigenvalue weighted by Gasteiger charge is 2.18. The Balaban J connectivity index is 1.95. The van der Waals surface area contributed by atoms with E-state index in [9.17, 15) is 0 Å². The lowest BCUT2D eigenvalue weighted by Crippen LogP contribution is -2.14. The molecule has 1 unspecified atom stereocenters. The van der Waals surface area contributed by atoms with Gasteiger partial charge >= 0.3 is 0 Å². The summed E-state index contributed by atoms with van der Waals surface area (Å²) in [6.07, 6.45) is 2.15. The number of fused-ring (bicyclic) bond motifs is 1. The summed E-state index contributed by atoms with van der Waals surface area (Å²) in [5.41, 5.74) is 9.81. The number of hydrogen-bond donors (Lipinski definition) is 1. The van der Waals surface area contributed by atoms with Crippen LogP contribution in [0.3, 0.4) is 0 Å². The molecule has 1 aromatic carbocycles. The van der Waals surface area contributed by atoms with Crippen molar-refractivity contribution in [2.45, 2.75) is 32.7 Å². The van der Waals surface area contributed by atoms with Crippen molar-refractivity contribution in [1.82, 2.24) is 0 Å². The number of aryl methyl sites for hydroxylation is 3. The number of rotatable bonds is 2. The maximum absolute atomic E-state index is 6.36. The van der Waals surface area contributed by atoms with E-state index in [2.05, 4.69) is 12.1 Å². The van der Waals surface area contributed by atoms with E-state index in [-0.39, 0.29) is 6.04 Å². The molecule has 0 saturated carbocycles. The summed E-state index contributed by atoms with van der Waals surface area (Å²) < 4.78 is 11.2. The van der Waals surface area contributed by atoms with Gasteiger partial charge in [0.2, 0.25) is 0 Å². The van der Waals surface area contributed by atoms with E-state index in [1.165, 1.54) is 5.56 Å². The van der Waals surface area contributed by atoms with Gasteiger partial charge in [-0.05, 0) is 49.9 Å². The van der Waals surface area contributed by atoms with Crippen molar-refractivity contribution in [2.24, 2.45) is 5.73 Å². The SMILES string of the molecule is Cc1cc(C(N)c2ccc3c(c2)CCCO3)c(C)o1. The van der Waals surface area contributed by atoms with Crippen LogP contribution in [0.1, 0.15) is 40.7 Å². The summed E-state index contributed by atoms with van der Waals surface area (Å²) in [4.78, 5) is 0. The van der Waals surface area contributed by atoms with Crippen LogP contribution in [0.25, 0.3) is 0 Å². The Bertz CT molecular complexity index is 601. The average Bonchev–Trinajstić information content (AvgIpc) is 2.76. The van der Waals surface area contributed by atoms with Crippen molar-refractivity contribution in [1.29, 1.82) is 0 Å². The molecule has 0 amide bonds. The molecule has 1 aliphatic rings. The molecule has 1 aromatic heterocycles. The van der Waals surface area contributed by atoms with Gasteiger partial charge in [0.1, 0.15) is 17.3 Å². The van der Waals surface area contributed by atoms with Crippen molar-refractivity contribution in [3.8, 4) is 5.75 Å². The summed E-state index contributed by atoms with van der Waals surface area (Å²) in [5.74, 6) is 2.81. The van der Waals surface area contributed by atoms with Crippen LogP contribution in [0.4, 0.5) is 0 Å². The quantitative estimate of drug-likeness (QED) is 0.898. The predicted molar refractivity (Wildman–Crippen MR) is 74.5 cm³/mol. The normalized spacial score (nSPS) is 15.7. The Kier molecular flexibility index (Phi) is 3.07. The minimum atomic E-state index is -0.135. The predicted octanol–water partition coefficient (Wildman–Crippen LogP) is 3.27. The van der Waals surface area contributed by atoms with Crippen LogP contribution in [-0.2, 0) is 6.42 Å².